The molecule has 0 spiro atoms. The maximum atomic E-state index is 12.7. The molecule has 3 N–H and O–H groups in total. The van der Waals surface area contributed by atoms with Crippen LogP contribution in [0.3, 0.4) is 0 Å². The molecule has 0 radical (unpaired) electrons. The van der Waals surface area contributed by atoms with Gasteiger partial charge in [-0.05, 0) is 32.1 Å². The van der Waals surface area contributed by atoms with E-state index in [0.29, 0.717) is 24.4 Å². The predicted molar refractivity (Wildman–Crippen MR) is 85.6 cm³/mol. The fourth-order valence-corrected chi connectivity index (χ4v) is 3.30. The fourth-order valence-electron chi connectivity index (χ4n) is 3.00. The van der Waals surface area contributed by atoms with E-state index in [2.05, 4.69) is 19.2 Å². The standard InChI is InChI=1S/C15H28N2O2S/c1-4-7-15(8-5-2,12(16)20)13(18)17-11-14(19-3)9-6-10-14/h4-11H2,1-3H3,(H2,16,20)(H,17,18). The van der Waals surface area contributed by atoms with Crippen molar-refractivity contribution in [2.45, 2.75) is 64.4 Å². The number of ether oxygens (including phenoxy) is 1. The number of carbonyl (C=O) groups is 1. The number of hydrogen-bond donors (Lipinski definition) is 2. The van der Waals surface area contributed by atoms with Gasteiger partial charge in [0.1, 0.15) is 0 Å². The van der Waals surface area contributed by atoms with Crippen LogP contribution in [0.5, 0.6) is 0 Å². The van der Waals surface area contributed by atoms with Crippen LogP contribution in [0.4, 0.5) is 0 Å². The van der Waals surface area contributed by atoms with Gasteiger partial charge < -0.3 is 15.8 Å². The highest BCUT2D eigenvalue weighted by molar-refractivity contribution is 7.80. The van der Waals surface area contributed by atoms with Gasteiger partial charge in [0.15, 0.2) is 0 Å². The smallest absolute Gasteiger partial charge is 0.233 e. The first-order valence-electron chi connectivity index (χ1n) is 7.59. The first-order valence-corrected chi connectivity index (χ1v) is 8.00. The number of thiocarbonyl (C=S) groups is 1. The summed E-state index contributed by atoms with van der Waals surface area (Å²) >= 11 is 5.20. The molecule has 4 nitrogen and oxygen atoms in total. The van der Waals surface area contributed by atoms with Crippen molar-refractivity contribution in [1.82, 2.24) is 5.32 Å². The van der Waals surface area contributed by atoms with Gasteiger partial charge in [-0.2, -0.15) is 0 Å². The van der Waals surface area contributed by atoms with Gasteiger partial charge in [0.25, 0.3) is 0 Å². The Morgan fingerprint density at radius 2 is 1.90 bits per heavy atom. The zero-order chi connectivity index (χ0) is 15.2. The predicted octanol–water partition coefficient (Wildman–Crippen LogP) is 2.54. The van der Waals surface area contributed by atoms with Crippen molar-refractivity contribution in [3.63, 3.8) is 0 Å². The van der Waals surface area contributed by atoms with E-state index in [1.54, 1.807) is 7.11 Å². The van der Waals surface area contributed by atoms with Crippen molar-refractivity contribution in [3.8, 4) is 0 Å². The summed E-state index contributed by atoms with van der Waals surface area (Å²) in [6.07, 6.45) is 6.37. The Labute approximate surface area is 127 Å². The average Bonchev–Trinajstić information content (AvgIpc) is 2.37. The Morgan fingerprint density at radius 3 is 2.20 bits per heavy atom. The molecule has 0 heterocycles. The van der Waals surface area contributed by atoms with Gasteiger partial charge in [0, 0.05) is 13.7 Å². The first-order chi connectivity index (χ1) is 9.46. The van der Waals surface area contributed by atoms with Gasteiger partial charge in [-0.1, -0.05) is 38.9 Å². The van der Waals surface area contributed by atoms with E-state index in [1.165, 1.54) is 0 Å². The zero-order valence-electron chi connectivity index (χ0n) is 13.0. The van der Waals surface area contributed by atoms with Crippen LogP contribution >= 0.6 is 12.2 Å². The molecule has 0 aromatic rings. The number of methoxy groups -OCH3 is 1. The summed E-state index contributed by atoms with van der Waals surface area (Å²) in [4.78, 5) is 13.0. The molecule has 1 aliphatic carbocycles. The number of nitrogens with two attached hydrogens (primary N) is 1. The lowest BCUT2D eigenvalue weighted by molar-refractivity contribution is -0.131. The van der Waals surface area contributed by atoms with Crippen molar-refractivity contribution in [2.24, 2.45) is 11.1 Å². The zero-order valence-corrected chi connectivity index (χ0v) is 13.8. The topological polar surface area (TPSA) is 64.3 Å². The second-order valence-corrected chi connectivity index (χ2v) is 6.31. The Balaban J connectivity index is 2.74. The molecule has 1 amide bonds. The molecule has 1 aliphatic rings. The van der Waals surface area contributed by atoms with Gasteiger partial charge in [0.2, 0.25) is 5.91 Å². The van der Waals surface area contributed by atoms with Crippen LogP contribution in [0.15, 0.2) is 0 Å². The summed E-state index contributed by atoms with van der Waals surface area (Å²) in [5.41, 5.74) is 5.03. The van der Waals surface area contributed by atoms with Gasteiger partial charge in [-0.3, -0.25) is 4.79 Å². The van der Waals surface area contributed by atoms with Crippen molar-refractivity contribution >= 4 is 23.1 Å². The summed E-state index contributed by atoms with van der Waals surface area (Å²) in [5, 5.41) is 3.04. The molecular weight excluding hydrogens is 272 g/mol. The number of amides is 1. The highest BCUT2D eigenvalue weighted by Crippen LogP contribution is 2.35. The third-order valence-corrected chi connectivity index (χ3v) is 4.92. The molecule has 0 aromatic carbocycles. The molecular formula is C15H28N2O2S. The molecule has 1 rings (SSSR count). The quantitative estimate of drug-likeness (QED) is 0.642. The summed E-state index contributed by atoms with van der Waals surface area (Å²) in [7, 11) is 1.71. The largest absolute Gasteiger partial charge is 0.392 e. The van der Waals surface area contributed by atoms with Gasteiger partial charge in [0.05, 0.1) is 16.0 Å². The highest BCUT2D eigenvalue weighted by atomic mass is 32.1. The Hall–Kier alpha value is -0.680. The number of rotatable bonds is 9. The molecule has 0 saturated heterocycles. The SMILES string of the molecule is CCCC(CCC)(C(=O)NCC1(OC)CCC1)C(N)=S. The monoisotopic (exact) mass is 300 g/mol. The average molecular weight is 300 g/mol. The summed E-state index contributed by atoms with van der Waals surface area (Å²) < 4.78 is 5.54. The summed E-state index contributed by atoms with van der Waals surface area (Å²) in [5.74, 6) is -0.0305. The van der Waals surface area contributed by atoms with Crippen LogP contribution in [0.2, 0.25) is 0 Å². The van der Waals surface area contributed by atoms with Crippen LogP contribution in [0, 0.1) is 5.41 Å². The van der Waals surface area contributed by atoms with Crippen LogP contribution in [0.25, 0.3) is 0 Å². The minimum Gasteiger partial charge on any atom is -0.392 e. The molecule has 0 bridgehead atoms. The van der Waals surface area contributed by atoms with Crippen molar-refractivity contribution in [3.05, 3.63) is 0 Å². The molecule has 5 heteroatoms. The Kier molecular flexibility index (Phi) is 6.40. The molecule has 116 valence electrons. The lowest BCUT2D eigenvalue weighted by atomic mass is 9.76. The van der Waals surface area contributed by atoms with Gasteiger partial charge >= 0.3 is 0 Å². The Bertz CT molecular complexity index is 342. The lowest BCUT2D eigenvalue weighted by Gasteiger charge is -2.41. The van der Waals surface area contributed by atoms with E-state index in [4.69, 9.17) is 22.7 Å². The van der Waals surface area contributed by atoms with Crippen LogP contribution in [-0.4, -0.2) is 30.2 Å². The van der Waals surface area contributed by atoms with Gasteiger partial charge in [-0.25, -0.2) is 0 Å². The minimum atomic E-state index is -0.697. The van der Waals surface area contributed by atoms with E-state index in [0.717, 1.165) is 32.1 Å². The molecule has 0 aromatic heterocycles. The van der Waals surface area contributed by atoms with Crippen LogP contribution < -0.4 is 11.1 Å². The number of nitrogens with one attached hydrogen (secondary N) is 1. The second-order valence-electron chi connectivity index (χ2n) is 5.87. The molecule has 0 unspecified atom stereocenters. The lowest BCUT2D eigenvalue weighted by Crippen LogP contribution is -2.55. The van der Waals surface area contributed by atoms with E-state index < -0.39 is 5.41 Å². The first kappa shape index (κ1) is 17.4. The van der Waals surface area contributed by atoms with Crippen molar-refractivity contribution in [1.29, 1.82) is 0 Å². The minimum absolute atomic E-state index is 0.0305. The fraction of sp³-hybridized carbons (Fsp3) is 0.867. The van der Waals surface area contributed by atoms with Crippen LogP contribution in [-0.2, 0) is 9.53 Å². The third-order valence-electron chi connectivity index (χ3n) is 4.53. The Morgan fingerprint density at radius 1 is 1.35 bits per heavy atom. The summed E-state index contributed by atoms with van der Waals surface area (Å²) in [6.45, 7) is 4.66. The van der Waals surface area contributed by atoms with Gasteiger partial charge in [-0.15, -0.1) is 0 Å². The maximum Gasteiger partial charge on any atom is 0.233 e. The second kappa shape index (κ2) is 7.36. The van der Waals surface area contributed by atoms with Crippen molar-refractivity contribution < 1.29 is 9.53 Å². The molecule has 1 fully saturated rings. The molecule has 0 atom stereocenters. The molecule has 20 heavy (non-hydrogen) atoms. The highest BCUT2D eigenvalue weighted by Gasteiger charge is 2.42. The maximum absolute atomic E-state index is 12.7. The van der Waals surface area contributed by atoms with E-state index in [1.807, 2.05) is 0 Å². The van der Waals surface area contributed by atoms with Crippen molar-refractivity contribution in [2.75, 3.05) is 13.7 Å². The van der Waals surface area contributed by atoms with E-state index in [-0.39, 0.29) is 11.5 Å². The van der Waals surface area contributed by atoms with Crippen LogP contribution in [0.1, 0.15) is 58.8 Å². The van der Waals surface area contributed by atoms with E-state index in [9.17, 15) is 4.79 Å². The summed E-state index contributed by atoms with van der Waals surface area (Å²) in [6, 6.07) is 0. The number of hydrogen-bond acceptors (Lipinski definition) is 3. The number of carbonyl (C=O) groups excluding carboxylic acids is 1. The van der Waals surface area contributed by atoms with E-state index >= 15 is 0 Å². The molecule has 1 saturated carbocycles. The molecule has 0 aliphatic heterocycles. The normalized spacial score (nSPS) is 17.4. The third kappa shape index (κ3) is 3.50.